The van der Waals surface area contributed by atoms with Crippen molar-refractivity contribution in [2.24, 2.45) is 4.99 Å². The smallest absolute Gasteiger partial charge is 0.269 e. The van der Waals surface area contributed by atoms with E-state index in [2.05, 4.69) is 55.9 Å². The Morgan fingerprint density at radius 1 is 1.16 bits per heavy atom. The molecule has 1 aliphatic rings. The second kappa shape index (κ2) is 6.16. The number of anilines is 1. The number of fused-ring (bicyclic) bond motifs is 1. The van der Waals surface area contributed by atoms with Gasteiger partial charge in [0.2, 0.25) is 0 Å². The predicted octanol–water partition coefficient (Wildman–Crippen LogP) is 4.98. The summed E-state index contributed by atoms with van der Waals surface area (Å²) in [6.07, 6.45) is 4.06. The molecule has 0 N–H and O–H groups in total. The fraction of sp³-hybridized carbons (Fsp3) is 0.250. The molecule has 1 aliphatic heterocycles. The van der Waals surface area contributed by atoms with Crippen LogP contribution in [-0.2, 0) is 0 Å². The number of likely N-dealkylation sites (N-methyl/N-ethyl adjacent to an activating group) is 1. The summed E-state index contributed by atoms with van der Waals surface area (Å²) in [5, 5.41) is 10.7. The number of benzene rings is 2. The Labute approximate surface area is 147 Å². The average molecular weight is 335 g/mol. The van der Waals surface area contributed by atoms with E-state index in [1.165, 1.54) is 29.0 Å². The van der Waals surface area contributed by atoms with Crippen LogP contribution in [0, 0.1) is 10.1 Å². The van der Waals surface area contributed by atoms with E-state index in [1.54, 1.807) is 18.3 Å². The molecule has 5 heteroatoms. The zero-order chi connectivity index (χ0) is 18.2. The highest BCUT2D eigenvalue weighted by Crippen LogP contribution is 2.37. The number of non-ortho nitro benzene ring substituents is 1. The number of hydrogen-bond donors (Lipinski definition) is 0. The van der Waals surface area contributed by atoms with Crippen molar-refractivity contribution < 1.29 is 4.92 Å². The Morgan fingerprint density at radius 2 is 1.84 bits per heavy atom. The van der Waals surface area contributed by atoms with Crippen LogP contribution in [0.25, 0.3) is 5.57 Å². The van der Waals surface area contributed by atoms with E-state index in [1.807, 2.05) is 6.07 Å². The molecule has 0 amide bonds. The first-order valence-corrected chi connectivity index (χ1v) is 8.14. The number of rotatable bonds is 3. The standard InChI is InChI=1S/C20H21N3O2/c1-14-12-20(2,3)22(4)19-10-5-15(11-18(14)19)13-21-16-6-8-17(9-7-16)23(24)25/h5-13H,1-4H3. The lowest BCUT2D eigenvalue weighted by molar-refractivity contribution is -0.384. The van der Waals surface area contributed by atoms with Crippen LogP contribution in [0.4, 0.5) is 17.1 Å². The van der Waals surface area contributed by atoms with Gasteiger partial charge in [0.05, 0.1) is 16.1 Å². The number of nitrogens with zero attached hydrogens (tertiary/aromatic N) is 3. The molecule has 0 aliphatic carbocycles. The van der Waals surface area contributed by atoms with Crippen molar-refractivity contribution in [3.05, 3.63) is 69.8 Å². The van der Waals surface area contributed by atoms with Crippen LogP contribution in [0.1, 0.15) is 31.9 Å². The van der Waals surface area contributed by atoms with Crippen LogP contribution in [0.2, 0.25) is 0 Å². The number of nitro benzene ring substituents is 1. The zero-order valence-electron chi connectivity index (χ0n) is 14.9. The van der Waals surface area contributed by atoms with Crippen molar-refractivity contribution in [2.45, 2.75) is 26.3 Å². The Morgan fingerprint density at radius 3 is 2.48 bits per heavy atom. The van der Waals surface area contributed by atoms with Crippen LogP contribution in [0.3, 0.4) is 0 Å². The minimum atomic E-state index is -0.413. The first-order valence-electron chi connectivity index (χ1n) is 8.14. The zero-order valence-corrected chi connectivity index (χ0v) is 14.9. The Kier molecular flexibility index (Phi) is 4.17. The van der Waals surface area contributed by atoms with E-state index in [-0.39, 0.29) is 11.2 Å². The Balaban J connectivity index is 1.88. The molecule has 0 spiro atoms. The van der Waals surface area contributed by atoms with E-state index in [0.29, 0.717) is 5.69 Å². The number of nitro groups is 1. The largest absolute Gasteiger partial charge is 0.366 e. The van der Waals surface area contributed by atoms with Gasteiger partial charge in [-0.3, -0.25) is 15.1 Å². The van der Waals surface area contributed by atoms with Crippen molar-refractivity contribution in [3.8, 4) is 0 Å². The molecule has 0 radical (unpaired) electrons. The number of allylic oxidation sites excluding steroid dienone is 1. The second-order valence-corrected chi connectivity index (χ2v) is 6.85. The van der Waals surface area contributed by atoms with Crippen LogP contribution in [-0.4, -0.2) is 23.7 Å². The summed E-state index contributed by atoms with van der Waals surface area (Å²) < 4.78 is 0. The van der Waals surface area contributed by atoms with Crippen molar-refractivity contribution in [2.75, 3.05) is 11.9 Å². The van der Waals surface area contributed by atoms with Gasteiger partial charge in [0.1, 0.15) is 0 Å². The fourth-order valence-corrected chi connectivity index (χ4v) is 3.07. The molecule has 0 fully saturated rings. The van der Waals surface area contributed by atoms with Gasteiger partial charge in [-0.2, -0.15) is 0 Å². The van der Waals surface area contributed by atoms with E-state index >= 15 is 0 Å². The van der Waals surface area contributed by atoms with E-state index in [0.717, 1.165) is 5.56 Å². The minimum absolute atomic E-state index is 0.00849. The normalized spacial score (nSPS) is 15.8. The maximum Gasteiger partial charge on any atom is 0.269 e. The summed E-state index contributed by atoms with van der Waals surface area (Å²) in [6.45, 7) is 6.53. The fourth-order valence-electron chi connectivity index (χ4n) is 3.07. The highest BCUT2D eigenvalue weighted by Gasteiger charge is 2.28. The molecular weight excluding hydrogens is 314 g/mol. The maximum absolute atomic E-state index is 10.7. The molecule has 0 unspecified atom stereocenters. The third kappa shape index (κ3) is 3.31. The van der Waals surface area contributed by atoms with Gasteiger partial charge < -0.3 is 4.90 Å². The van der Waals surface area contributed by atoms with Gasteiger partial charge >= 0.3 is 0 Å². The van der Waals surface area contributed by atoms with Crippen LogP contribution < -0.4 is 4.90 Å². The molecule has 25 heavy (non-hydrogen) atoms. The van der Waals surface area contributed by atoms with Crippen molar-refractivity contribution in [3.63, 3.8) is 0 Å². The Hall–Kier alpha value is -2.95. The molecule has 5 nitrogen and oxygen atoms in total. The molecule has 0 aromatic heterocycles. The summed E-state index contributed by atoms with van der Waals surface area (Å²) >= 11 is 0. The van der Waals surface area contributed by atoms with Crippen LogP contribution >= 0.6 is 0 Å². The quantitative estimate of drug-likeness (QED) is 0.452. The van der Waals surface area contributed by atoms with Crippen LogP contribution in [0.5, 0.6) is 0 Å². The molecule has 2 aromatic carbocycles. The highest BCUT2D eigenvalue weighted by molar-refractivity contribution is 5.88. The molecule has 128 valence electrons. The summed E-state index contributed by atoms with van der Waals surface area (Å²) in [4.78, 5) is 17.0. The van der Waals surface area contributed by atoms with E-state index < -0.39 is 4.92 Å². The van der Waals surface area contributed by atoms with Crippen molar-refractivity contribution in [1.82, 2.24) is 0 Å². The Bertz CT molecular complexity index is 880. The summed E-state index contributed by atoms with van der Waals surface area (Å²) in [7, 11) is 2.10. The third-order valence-corrected chi connectivity index (χ3v) is 4.66. The predicted molar refractivity (Wildman–Crippen MR) is 103 cm³/mol. The lowest BCUT2D eigenvalue weighted by Gasteiger charge is -2.40. The molecule has 0 saturated heterocycles. The number of aliphatic imine (C=N–C) groups is 1. The van der Waals surface area contributed by atoms with Gasteiger partial charge in [0, 0.05) is 36.6 Å². The van der Waals surface area contributed by atoms with Crippen molar-refractivity contribution >= 4 is 28.8 Å². The lowest BCUT2D eigenvalue weighted by atomic mass is 9.89. The molecule has 0 saturated carbocycles. The first kappa shape index (κ1) is 16.9. The van der Waals surface area contributed by atoms with E-state index in [4.69, 9.17) is 0 Å². The average Bonchev–Trinajstić information content (AvgIpc) is 2.58. The molecule has 1 heterocycles. The monoisotopic (exact) mass is 335 g/mol. The molecule has 3 rings (SSSR count). The number of hydrogen-bond acceptors (Lipinski definition) is 4. The summed E-state index contributed by atoms with van der Waals surface area (Å²) in [5.74, 6) is 0. The molecular formula is C20H21N3O2. The molecule has 0 bridgehead atoms. The minimum Gasteiger partial charge on any atom is -0.366 e. The summed E-state index contributed by atoms with van der Waals surface area (Å²) in [6, 6.07) is 12.5. The molecule has 2 aromatic rings. The SMILES string of the molecule is CC1=CC(C)(C)N(C)c2ccc(C=Nc3ccc([N+](=O)[O-])cc3)cc21. The first-order chi connectivity index (χ1) is 11.8. The molecule has 0 atom stereocenters. The van der Waals surface area contributed by atoms with Crippen molar-refractivity contribution in [1.29, 1.82) is 0 Å². The second-order valence-electron chi connectivity index (χ2n) is 6.85. The topological polar surface area (TPSA) is 58.7 Å². The third-order valence-electron chi connectivity index (χ3n) is 4.66. The van der Waals surface area contributed by atoms with Gasteiger partial charge in [-0.25, -0.2) is 0 Å². The van der Waals surface area contributed by atoms with Gasteiger partial charge in [-0.15, -0.1) is 0 Å². The lowest BCUT2D eigenvalue weighted by Crippen LogP contribution is -2.42. The van der Waals surface area contributed by atoms with Gasteiger partial charge in [-0.1, -0.05) is 12.1 Å². The van der Waals surface area contributed by atoms with Crippen LogP contribution in [0.15, 0.2) is 53.5 Å². The van der Waals surface area contributed by atoms with E-state index in [9.17, 15) is 10.1 Å². The summed E-state index contributed by atoms with van der Waals surface area (Å²) in [5.41, 5.74) is 5.41. The highest BCUT2D eigenvalue weighted by atomic mass is 16.6. The van der Waals surface area contributed by atoms with Gasteiger partial charge in [0.15, 0.2) is 0 Å². The van der Waals surface area contributed by atoms with Gasteiger partial charge in [0.25, 0.3) is 5.69 Å². The maximum atomic E-state index is 10.7. The van der Waals surface area contributed by atoms with Gasteiger partial charge in [-0.05, 0) is 56.2 Å².